The molecule has 2 atom stereocenters. The van der Waals surface area contributed by atoms with Crippen molar-refractivity contribution in [2.75, 3.05) is 24.2 Å². The number of amides is 1. The van der Waals surface area contributed by atoms with Gasteiger partial charge in [0, 0.05) is 19.1 Å². The van der Waals surface area contributed by atoms with E-state index in [1.165, 1.54) is 50.3 Å². The van der Waals surface area contributed by atoms with E-state index >= 15 is 0 Å². The van der Waals surface area contributed by atoms with Gasteiger partial charge in [-0.25, -0.2) is 0 Å². The third-order valence-electron chi connectivity index (χ3n) is 4.88. The maximum absolute atomic E-state index is 12.4. The number of rotatable bonds is 5. The molecule has 1 aromatic heterocycles. The number of thioether (sulfide) groups is 1. The summed E-state index contributed by atoms with van der Waals surface area (Å²) in [7, 11) is 0. The second-order valence-electron chi connectivity index (χ2n) is 7.39. The van der Waals surface area contributed by atoms with Gasteiger partial charge in [-0.1, -0.05) is 56.2 Å². The van der Waals surface area contributed by atoms with E-state index in [2.05, 4.69) is 29.4 Å². The zero-order valence-electron chi connectivity index (χ0n) is 14.7. The Morgan fingerprint density at radius 1 is 1.21 bits per heavy atom. The van der Waals surface area contributed by atoms with Crippen LogP contribution in [0.1, 0.15) is 52.4 Å². The number of hydrogen-bond acceptors (Lipinski definition) is 6. The van der Waals surface area contributed by atoms with Crippen molar-refractivity contribution in [2.45, 2.75) is 62.8 Å². The van der Waals surface area contributed by atoms with E-state index in [0.29, 0.717) is 23.6 Å². The highest BCUT2D eigenvalue weighted by Gasteiger charge is 2.25. The number of anilines is 1. The van der Waals surface area contributed by atoms with Gasteiger partial charge in [0.25, 0.3) is 0 Å². The monoisotopic (exact) mass is 368 g/mol. The summed E-state index contributed by atoms with van der Waals surface area (Å²) in [5, 5.41) is 12.9. The van der Waals surface area contributed by atoms with Gasteiger partial charge in [-0.15, -0.1) is 10.2 Å². The number of carbonyl (C=O) groups is 1. The van der Waals surface area contributed by atoms with Gasteiger partial charge >= 0.3 is 0 Å². The molecule has 134 valence electrons. The summed E-state index contributed by atoms with van der Waals surface area (Å²) in [6.45, 7) is 6.26. The van der Waals surface area contributed by atoms with Crippen LogP contribution in [0.2, 0.25) is 0 Å². The molecule has 2 heterocycles. The van der Waals surface area contributed by atoms with Crippen molar-refractivity contribution in [3.8, 4) is 0 Å². The highest BCUT2D eigenvalue weighted by molar-refractivity contribution is 8.01. The minimum atomic E-state index is 0.232. The molecule has 0 bridgehead atoms. The van der Waals surface area contributed by atoms with E-state index in [4.69, 9.17) is 0 Å². The first kappa shape index (κ1) is 18.0. The first-order valence-corrected chi connectivity index (χ1v) is 10.9. The minimum Gasteiger partial charge on any atom is -0.357 e. The fourth-order valence-corrected chi connectivity index (χ4v) is 5.56. The van der Waals surface area contributed by atoms with E-state index in [1.54, 1.807) is 11.3 Å². The van der Waals surface area contributed by atoms with Crippen LogP contribution in [0.5, 0.6) is 0 Å². The molecule has 3 rings (SSSR count). The first-order chi connectivity index (χ1) is 11.6. The van der Waals surface area contributed by atoms with Crippen LogP contribution < -0.4 is 5.32 Å². The number of hydrogen-bond donors (Lipinski definition) is 1. The van der Waals surface area contributed by atoms with Crippen LogP contribution in [0, 0.1) is 11.8 Å². The summed E-state index contributed by atoms with van der Waals surface area (Å²) in [5.74, 6) is 1.92. The molecule has 2 fully saturated rings. The Labute approximate surface area is 153 Å². The van der Waals surface area contributed by atoms with Crippen LogP contribution in [0.3, 0.4) is 0 Å². The third-order valence-corrected chi connectivity index (χ3v) is 6.85. The second-order valence-corrected chi connectivity index (χ2v) is 9.59. The van der Waals surface area contributed by atoms with E-state index < -0.39 is 0 Å². The van der Waals surface area contributed by atoms with E-state index in [0.717, 1.165) is 22.6 Å². The SMILES string of the molecule is C[C@H]1C[C@H](C)CN(C(=O)CSc2nnc(NC3CCCCC3)s2)C1. The van der Waals surface area contributed by atoms with E-state index in [9.17, 15) is 4.79 Å². The number of nitrogens with zero attached hydrogens (tertiary/aromatic N) is 3. The lowest BCUT2D eigenvalue weighted by Gasteiger charge is -2.34. The largest absolute Gasteiger partial charge is 0.357 e. The molecule has 24 heavy (non-hydrogen) atoms. The lowest BCUT2D eigenvalue weighted by atomic mass is 9.92. The molecule has 7 heteroatoms. The molecule has 1 amide bonds. The molecule has 0 unspecified atom stereocenters. The van der Waals surface area contributed by atoms with Crippen LogP contribution in [-0.2, 0) is 4.79 Å². The molecule has 0 radical (unpaired) electrons. The molecular weight excluding hydrogens is 340 g/mol. The molecule has 1 aromatic rings. The smallest absolute Gasteiger partial charge is 0.233 e. The zero-order valence-corrected chi connectivity index (χ0v) is 16.3. The van der Waals surface area contributed by atoms with Gasteiger partial charge in [0.15, 0.2) is 4.34 Å². The van der Waals surface area contributed by atoms with Crippen LogP contribution in [0.25, 0.3) is 0 Å². The van der Waals surface area contributed by atoms with Crippen LogP contribution in [0.4, 0.5) is 5.13 Å². The van der Waals surface area contributed by atoms with Gasteiger partial charge in [-0.2, -0.15) is 0 Å². The quantitative estimate of drug-likeness (QED) is 0.799. The van der Waals surface area contributed by atoms with Gasteiger partial charge in [-0.05, 0) is 31.1 Å². The van der Waals surface area contributed by atoms with Crippen molar-refractivity contribution in [1.82, 2.24) is 15.1 Å². The lowest BCUT2D eigenvalue weighted by Crippen LogP contribution is -2.43. The maximum Gasteiger partial charge on any atom is 0.233 e. The predicted octanol–water partition coefficient (Wildman–Crippen LogP) is 3.88. The highest BCUT2D eigenvalue weighted by atomic mass is 32.2. The summed E-state index contributed by atoms with van der Waals surface area (Å²) in [4.78, 5) is 14.5. The van der Waals surface area contributed by atoms with E-state index in [-0.39, 0.29) is 5.91 Å². The van der Waals surface area contributed by atoms with Crippen LogP contribution in [0.15, 0.2) is 4.34 Å². The normalized spacial score (nSPS) is 25.7. The van der Waals surface area contributed by atoms with Crippen LogP contribution in [-0.4, -0.2) is 45.9 Å². The summed E-state index contributed by atoms with van der Waals surface area (Å²) in [6, 6.07) is 0.544. The lowest BCUT2D eigenvalue weighted by molar-refractivity contribution is -0.130. The molecular formula is C17H28N4OS2. The Bertz CT molecular complexity index is 534. The molecule has 1 N–H and O–H groups in total. The average molecular weight is 369 g/mol. The molecule has 0 spiro atoms. The van der Waals surface area contributed by atoms with Gasteiger partial charge < -0.3 is 10.2 Å². The van der Waals surface area contributed by atoms with E-state index in [1.807, 2.05) is 4.90 Å². The summed E-state index contributed by atoms with van der Waals surface area (Å²) < 4.78 is 0.889. The molecule has 1 saturated carbocycles. The van der Waals surface area contributed by atoms with Gasteiger partial charge in [-0.3, -0.25) is 4.79 Å². The fourth-order valence-electron chi connectivity index (χ4n) is 3.83. The van der Waals surface area contributed by atoms with Crippen molar-refractivity contribution >= 4 is 34.1 Å². The molecule has 1 aliphatic carbocycles. The first-order valence-electron chi connectivity index (χ1n) is 9.10. The zero-order chi connectivity index (χ0) is 16.9. The molecule has 5 nitrogen and oxygen atoms in total. The summed E-state index contributed by atoms with van der Waals surface area (Å²) in [6.07, 6.45) is 7.64. The second kappa shape index (κ2) is 8.52. The Morgan fingerprint density at radius 2 is 1.92 bits per heavy atom. The molecule has 1 aliphatic heterocycles. The Hall–Kier alpha value is -0.820. The Morgan fingerprint density at radius 3 is 2.62 bits per heavy atom. The van der Waals surface area contributed by atoms with Crippen molar-refractivity contribution in [3.05, 3.63) is 0 Å². The molecule has 0 aromatic carbocycles. The standard InChI is InChI=1S/C17H28N4OS2/c1-12-8-13(2)10-21(9-12)15(22)11-23-17-20-19-16(24-17)18-14-6-4-3-5-7-14/h12-14H,3-11H2,1-2H3,(H,18,19)/t12-,13-/m0/s1. The predicted molar refractivity (Wildman–Crippen MR) is 101 cm³/mol. The van der Waals surface area contributed by atoms with Crippen molar-refractivity contribution in [2.24, 2.45) is 11.8 Å². The fraction of sp³-hybridized carbons (Fsp3) is 0.824. The Balaban J connectivity index is 1.45. The maximum atomic E-state index is 12.4. The number of aromatic nitrogens is 2. The van der Waals surface area contributed by atoms with Gasteiger partial charge in [0.1, 0.15) is 0 Å². The van der Waals surface area contributed by atoms with Gasteiger partial charge in [0.05, 0.1) is 5.75 Å². The van der Waals surface area contributed by atoms with Crippen molar-refractivity contribution in [3.63, 3.8) is 0 Å². The minimum absolute atomic E-state index is 0.232. The number of piperidine rings is 1. The van der Waals surface area contributed by atoms with Gasteiger partial charge in [0.2, 0.25) is 11.0 Å². The number of carbonyl (C=O) groups excluding carboxylic acids is 1. The number of likely N-dealkylation sites (tertiary alicyclic amines) is 1. The third kappa shape index (κ3) is 5.09. The van der Waals surface area contributed by atoms with Crippen LogP contribution >= 0.6 is 23.1 Å². The van der Waals surface area contributed by atoms with Crippen molar-refractivity contribution < 1.29 is 4.79 Å². The molecule has 1 saturated heterocycles. The topological polar surface area (TPSA) is 58.1 Å². The summed E-state index contributed by atoms with van der Waals surface area (Å²) >= 11 is 3.10. The molecule has 2 aliphatic rings. The van der Waals surface area contributed by atoms with Crippen molar-refractivity contribution in [1.29, 1.82) is 0 Å². The average Bonchev–Trinajstić information content (AvgIpc) is 3.00. The highest BCUT2D eigenvalue weighted by Crippen LogP contribution is 2.29. The Kier molecular flexibility index (Phi) is 6.38. The summed E-state index contributed by atoms with van der Waals surface area (Å²) in [5.41, 5.74) is 0. The number of nitrogens with one attached hydrogen (secondary N) is 1.